The summed E-state index contributed by atoms with van der Waals surface area (Å²) in [5.41, 5.74) is 3.08. The van der Waals surface area contributed by atoms with E-state index in [1.807, 2.05) is 54.8 Å². The molecule has 0 unspecified atom stereocenters. The molecule has 1 aliphatic heterocycles. The lowest BCUT2D eigenvalue weighted by molar-refractivity contribution is 0.0945. The van der Waals surface area contributed by atoms with Crippen molar-refractivity contribution in [2.45, 2.75) is 32.7 Å². The minimum absolute atomic E-state index is 0.211. The average molecular weight is 369 g/mol. The van der Waals surface area contributed by atoms with Crippen LogP contribution >= 0.6 is 0 Å². The van der Waals surface area contributed by atoms with Gasteiger partial charge in [-0.25, -0.2) is 4.98 Å². The summed E-state index contributed by atoms with van der Waals surface area (Å²) in [6, 6.07) is 7.62. The second kappa shape index (κ2) is 8.35. The summed E-state index contributed by atoms with van der Waals surface area (Å²) in [6.07, 6.45) is 2.75. The van der Waals surface area contributed by atoms with Gasteiger partial charge in [-0.15, -0.1) is 0 Å². The number of nitrogens with zero attached hydrogens (tertiary/aromatic N) is 3. The fraction of sp³-hybridized carbons (Fsp3) is 0.450. The van der Waals surface area contributed by atoms with Crippen LogP contribution in [0, 0.1) is 6.92 Å². The van der Waals surface area contributed by atoms with Crippen molar-refractivity contribution in [3.05, 3.63) is 47.0 Å². The Morgan fingerprint density at radius 2 is 1.89 bits per heavy atom. The molecule has 1 aromatic heterocycles. The lowest BCUT2D eigenvalue weighted by atomic mass is 10.1. The van der Waals surface area contributed by atoms with Crippen LogP contribution in [-0.2, 0) is 13.0 Å². The molecule has 0 saturated heterocycles. The summed E-state index contributed by atoms with van der Waals surface area (Å²) in [6.45, 7) is 4.01. The van der Waals surface area contributed by atoms with Gasteiger partial charge >= 0.3 is 0 Å². The number of hydrogen-bond acceptors (Lipinski definition) is 4. The van der Waals surface area contributed by atoms with Crippen molar-refractivity contribution in [3.63, 3.8) is 0 Å². The molecular formula is C20H27N5O2. The number of likely N-dealkylation sites (N-methyl/N-ethyl adjacent to an activating group) is 1. The Morgan fingerprint density at radius 1 is 1.15 bits per heavy atom. The fourth-order valence-corrected chi connectivity index (χ4v) is 3.20. The first kappa shape index (κ1) is 19.1. The molecular weight excluding hydrogens is 342 g/mol. The maximum Gasteiger partial charge on any atom is 0.291 e. The summed E-state index contributed by atoms with van der Waals surface area (Å²) >= 11 is 0. The van der Waals surface area contributed by atoms with Gasteiger partial charge in [-0.2, -0.15) is 0 Å². The number of fused-ring (bicyclic) bond motifs is 1. The van der Waals surface area contributed by atoms with Crippen LogP contribution in [0.1, 0.15) is 45.2 Å². The lowest BCUT2D eigenvalue weighted by Crippen LogP contribution is -2.32. The predicted octanol–water partition coefficient (Wildman–Crippen LogP) is 2.07. The number of amides is 2. The van der Waals surface area contributed by atoms with Gasteiger partial charge in [0.25, 0.3) is 11.8 Å². The van der Waals surface area contributed by atoms with Crippen LogP contribution in [0.2, 0.25) is 0 Å². The van der Waals surface area contributed by atoms with Gasteiger partial charge in [-0.3, -0.25) is 9.59 Å². The SMILES string of the molecule is Cc1ccc(NC(=O)c2nc(C(=O)NCCN(C)C)c3n2CCCC3)cc1. The number of carbonyl (C=O) groups excluding carboxylic acids is 2. The van der Waals surface area contributed by atoms with Crippen LogP contribution in [0.15, 0.2) is 24.3 Å². The molecule has 7 heteroatoms. The van der Waals surface area contributed by atoms with E-state index in [0.717, 1.165) is 42.8 Å². The number of imidazole rings is 1. The number of aryl methyl sites for hydroxylation is 1. The van der Waals surface area contributed by atoms with Crippen LogP contribution in [0.3, 0.4) is 0 Å². The van der Waals surface area contributed by atoms with E-state index in [-0.39, 0.29) is 11.8 Å². The van der Waals surface area contributed by atoms with E-state index in [1.165, 1.54) is 0 Å². The third-order valence-electron chi connectivity index (χ3n) is 4.69. The molecule has 0 aliphatic carbocycles. The Hall–Kier alpha value is -2.67. The molecule has 0 saturated carbocycles. The molecule has 2 aromatic rings. The molecule has 27 heavy (non-hydrogen) atoms. The number of nitrogens with one attached hydrogen (secondary N) is 2. The smallest absolute Gasteiger partial charge is 0.291 e. The highest BCUT2D eigenvalue weighted by Gasteiger charge is 2.27. The van der Waals surface area contributed by atoms with E-state index in [9.17, 15) is 9.59 Å². The highest BCUT2D eigenvalue weighted by molar-refractivity contribution is 6.03. The van der Waals surface area contributed by atoms with Crippen molar-refractivity contribution in [2.75, 3.05) is 32.5 Å². The van der Waals surface area contributed by atoms with Crippen molar-refractivity contribution < 1.29 is 9.59 Å². The van der Waals surface area contributed by atoms with Gasteiger partial charge in [-0.05, 0) is 52.4 Å². The molecule has 2 N–H and O–H groups in total. The van der Waals surface area contributed by atoms with E-state index < -0.39 is 0 Å². The first-order valence-corrected chi connectivity index (χ1v) is 9.36. The number of anilines is 1. The quantitative estimate of drug-likeness (QED) is 0.817. The topological polar surface area (TPSA) is 79.3 Å². The van der Waals surface area contributed by atoms with E-state index in [4.69, 9.17) is 0 Å². The van der Waals surface area contributed by atoms with Crippen LogP contribution in [0.4, 0.5) is 5.69 Å². The minimum atomic E-state index is -0.283. The largest absolute Gasteiger partial charge is 0.349 e. The monoisotopic (exact) mass is 369 g/mol. The molecule has 0 bridgehead atoms. The highest BCUT2D eigenvalue weighted by Crippen LogP contribution is 2.22. The van der Waals surface area contributed by atoms with Crippen molar-refractivity contribution >= 4 is 17.5 Å². The van der Waals surface area contributed by atoms with Crippen molar-refractivity contribution in [2.24, 2.45) is 0 Å². The Morgan fingerprint density at radius 3 is 2.59 bits per heavy atom. The van der Waals surface area contributed by atoms with Crippen molar-refractivity contribution in [1.82, 2.24) is 19.8 Å². The Kier molecular flexibility index (Phi) is 5.91. The summed E-state index contributed by atoms with van der Waals surface area (Å²) in [5, 5.41) is 5.79. The van der Waals surface area contributed by atoms with E-state index in [2.05, 4.69) is 15.6 Å². The zero-order valence-corrected chi connectivity index (χ0v) is 16.2. The Labute approximate surface area is 159 Å². The zero-order valence-electron chi connectivity index (χ0n) is 16.2. The normalized spacial score (nSPS) is 13.3. The Balaban J connectivity index is 1.80. The van der Waals surface area contributed by atoms with E-state index >= 15 is 0 Å². The molecule has 144 valence electrons. The van der Waals surface area contributed by atoms with Crippen LogP contribution in [0.25, 0.3) is 0 Å². The molecule has 1 aromatic carbocycles. The maximum atomic E-state index is 12.8. The number of rotatable bonds is 6. The average Bonchev–Trinajstić information content (AvgIpc) is 3.03. The molecule has 0 spiro atoms. The molecule has 0 atom stereocenters. The maximum absolute atomic E-state index is 12.8. The molecule has 2 heterocycles. The third-order valence-corrected chi connectivity index (χ3v) is 4.69. The molecule has 2 amide bonds. The summed E-state index contributed by atoms with van der Waals surface area (Å²) in [5.74, 6) is -0.186. The van der Waals surface area contributed by atoms with Gasteiger partial charge in [0.15, 0.2) is 5.82 Å². The second-order valence-electron chi connectivity index (χ2n) is 7.22. The number of hydrogen-bond donors (Lipinski definition) is 2. The first-order valence-electron chi connectivity index (χ1n) is 9.36. The predicted molar refractivity (Wildman–Crippen MR) is 105 cm³/mol. The minimum Gasteiger partial charge on any atom is -0.349 e. The van der Waals surface area contributed by atoms with Gasteiger partial charge in [0.1, 0.15) is 5.69 Å². The fourth-order valence-electron chi connectivity index (χ4n) is 3.20. The van der Waals surface area contributed by atoms with Gasteiger partial charge < -0.3 is 20.1 Å². The zero-order chi connectivity index (χ0) is 19.4. The third kappa shape index (κ3) is 4.54. The van der Waals surface area contributed by atoms with Gasteiger partial charge in [0, 0.05) is 25.3 Å². The number of carbonyl (C=O) groups is 2. The van der Waals surface area contributed by atoms with Crippen molar-refractivity contribution in [3.8, 4) is 0 Å². The first-order chi connectivity index (χ1) is 13.0. The van der Waals surface area contributed by atoms with Gasteiger partial charge in [0.2, 0.25) is 0 Å². The van der Waals surface area contributed by atoms with Crippen molar-refractivity contribution in [1.29, 1.82) is 0 Å². The molecule has 1 aliphatic rings. The highest BCUT2D eigenvalue weighted by atomic mass is 16.2. The van der Waals surface area contributed by atoms with Crippen LogP contribution in [0.5, 0.6) is 0 Å². The lowest BCUT2D eigenvalue weighted by Gasteiger charge is -2.17. The van der Waals surface area contributed by atoms with Crippen LogP contribution < -0.4 is 10.6 Å². The molecule has 0 fully saturated rings. The Bertz CT molecular complexity index is 824. The second-order valence-corrected chi connectivity index (χ2v) is 7.22. The van der Waals surface area contributed by atoms with Gasteiger partial charge in [-0.1, -0.05) is 17.7 Å². The summed E-state index contributed by atoms with van der Waals surface area (Å²) in [4.78, 5) is 31.8. The molecule has 7 nitrogen and oxygen atoms in total. The molecule has 0 radical (unpaired) electrons. The number of aromatic nitrogens is 2. The molecule has 3 rings (SSSR count). The van der Waals surface area contributed by atoms with E-state index in [1.54, 1.807) is 0 Å². The van der Waals surface area contributed by atoms with E-state index in [0.29, 0.717) is 24.6 Å². The number of benzene rings is 1. The standard InChI is InChI=1S/C20H27N5O2/c1-14-7-9-15(10-8-14)22-20(27)18-23-17(16-6-4-5-12-25(16)18)19(26)21-11-13-24(2)3/h7-10H,4-6,11-13H2,1-3H3,(H,21,26)(H,22,27). The van der Waals surface area contributed by atoms with Gasteiger partial charge in [0.05, 0.1) is 5.69 Å². The summed E-state index contributed by atoms with van der Waals surface area (Å²) in [7, 11) is 3.91. The van der Waals surface area contributed by atoms with Crippen LogP contribution in [-0.4, -0.2) is 53.5 Å². The summed E-state index contributed by atoms with van der Waals surface area (Å²) < 4.78 is 1.90.